The van der Waals surface area contributed by atoms with Crippen LogP contribution in [0.25, 0.3) is 0 Å². The first-order valence-electron chi connectivity index (χ1n) is 6.15. The molecule has 1 heterocycles. The van der Waals surface area contributed by atoms with Gasteiger partial charge < -0.3 is 0 Å². The summed E-state index contributed by atoms with van der Waals surface area (Å²) in [6.45, 7) is 4.00. The van der Waals surface area contributed by atoms with E-state index in [1.807, 2.05) is 30.3 Å². The molecule has 1 aromatic carbocycles. The van der Waals surface area contributed by atoms with E-state index < -0.39 is 0 Å². The number of amides is 2. The summed E-state index contributed by atoms with van der Waals surface area (Å²) in [5.41, 5.74) is 3.40. The highest BCUT2D eigenvalue weighted by atomic mass is 32.2. The highest BCUT2D eigenvalue weighted by Gasteiger charge is 2.27. The van der Waals surface area contributed by atoms with Gasteiger partial charge in [-0.25, -0.2) is 5.43 Å². The number of amidine groups is 1. The smallest absolute Gasteiger partial charge is 0.244 e. The molecule has 5 nitrogen and oxygen atoms in total. The number of hydrogen-bond donors (Lipinski definition) is 1. The number of thioether (sulfide) groups is 1. The predicted octanol–water partition coefficient (Wildman–Crippen LogP) is 1.38. The molecule has 1 fully saturated rings. The Bertz CT molecular complexity index is 543. The molecule has 0 bridgehead atoms. The van der Waals surface area contributed by atoms with E-state index in [1.165, 1.54) is 16.7 Å². The molecule has 2 rings (SSSR count). The Morgan fingerprint density at radius 3 is 2.90 bits per heavy atom. The number of benzene rings is 1. The van der Waals surface area contributed by atoms with Gasteiger partial charge in [0.1, 0.15) is 0 Å². The van der Waals surface area contributed by atoms with Gasteiger partial charge in [-0.15, -0.1) is 11.7 Å². The maximum atomic E-state index is 11.8. The average Bonchev–Trinajstić information content (AvgIpc) is 2.79. The van der Waals surface area contributed by atoms with E-state index in [0.717, 1.165) is 5.56 Å². The predicted molar refractivity (Wildman–Crippen MR) is 80.1 cm³/mol. The number of hydrazone groups is 1. The summed E-state index contributed by atoms with van der Waals surface area (Å²) in [6, 6.07) is 9.42. The summed E-state index contributed by atoms with van der Waals surface area (Å²) in [4.78, 5) is 24.8. The van der Waals surface area contributed by atoms with Crippen LogP contribution in [-0.2, 0) is 16.0 Å². The Labute approximate surface area is 121 Å². The van der Waals surface area contributed by atoms with Crippen LogP contribution in [0.4, 0.5) is 0 Å². The number of nitrogens with one attached hydrogen (secondary N) is 1. The monoisotopic (exact) mass is 289 g/mol. The molecule has 0 aliphatic carbocycles. The van der Waals surface area contributed by atoms with Crippen LogP contribution in [0, 0.1) is 0 Å². The van der Waals surface area contributed by atoms with Crippen molar-refractivity contribution < 1.29 is 9.59 Å². The van der Waals surface area contributed by atoms with Crippen LogP contribution >= 0.6 is 11.8 Å². The molecule has 6 heteroatoms. The number of nitrogens with zero attached hydrogens (tertiary/aromatic N) is 2. The zero-order chi connectivity index (χ0) is 14.4. The Morgan fingerprint density at radius 1 is 1.45 bits per heavy atom. The lowest BCUT2D eigenvalue weighted by molar-refractivity contribution is -0.124. The maximum absolute atomic E-state index is 11.8. The standard InChI is InChI=1S/C14H15N3O2S/c1-2-8-17-13(19)10-20-14(17)16-15-12(18)9-11-6-4-3-5-7-11/h2-7H,1,8-10H2,(H,15,18). The van der Waals surface area contributed by atoms with Gasteiger partial charge in [-0.3, -0.25) is 14.5 Å². The molecule has 1 aliphatic heterocycles. The number of rotatable bonds is 5. The first-order chi connectivity index (χ1) is 9.70. The molecule has 1 aromatic rings. The normalized spacial score (nSPS) is 16.5. The Morgan fingerprint density at radius 2 is 2.20 bits per heavy atom. The molecule has 20 heavy (non-hydrogen) atoms. The lowest BCUT2D eigenvalue weighted by Crippen LogP contribution is -2.32. The van der Waals surface area contributed by atoms with Gasteiger partial charge in [0, 0.05) is 6.54 Å². The molecular weight excluding hydrogens is 274 g/mol. The third-order valence-electron chi connectivity index (χ3n) is 2.65. The van der Waals surface area contributed by atoms with Gasteiger partial charge in [-0.1, -0.05) is 48.2 Å². The van der Waals surface area contributed by atoms with Crippen LogP contribution < -0.4 is 5.43 Å². The Hall–Kier alpha value is -2.08. The van der Waals surface area contributed by atoms with Crippen LogP contribution in [0.15, 0.2) is 48.1 Å². The molecule has 0 radical (unpaired) electrons. The summed E-state index contributed by atoms with van der Waals surface area (Å²) in [5, 5.41) is 4.52. The largest absolute Gasteiger partial charge is 0.285 e. The van der Waals surface area contributed by atoms with Crippen molar-refractivity contribution in [1.82, 2.24) is 10.3 Å². The molecule has 0 atom stereocenters. The maximum Gasteiger partial charge on any atom is 0.244 e. The van der Waals surface area contributed by atoms with E-state index in [2.05, 4.69) is 17.1 Å². The van der Waals surface area contributed by atoms with Crippen molar-refractivity contribution in [2.45, 2.75) is 6.42 Å². The van der Waals surface area contributed by atoms with Gasteiger partial charge in [0.05, 0.1) is 12.2 Å². The van der Waals surface area contributed by atoms with E-state index in [9.17, 15) is 9.59 Å². The lowest BCUT2D eigenvalue weighted by Gasteiger charge is -2.12. The van der Waals surface area contributed by atoms with Gasteiger partial charge in [-0.05, 0) is 5.56 Å². The zero-order valence-corrected chi connectivity index (χ0v) is 11.7. The Balaban J connectivity index is 1.93. The first kappa shape index (κ1) is 14.3. The molecule has 104 valence electrons. The fraction of sp³-hybridized carbons (Fsp3) is 0.214. The minimum atomic E-state index is -0.206. The second-order valence-electron chi connectivity index (χ2n) is 4.17. The first-order valence-corrected chi connectivity index (χ1v) is 7.14. The van der Waals surface area contributed by atoms with Gasteiger partial charge in [0.2, 0.25) is 11.8 Å². The summed E-state index contributed by atoms with van der Waals surface area (Å²) >= 11 is 1.31. The SMILES string of the molecule is C=CCN1C(=O)CSC1=NNC(=O)Cc1ccccc1. The van der Waals surface area contributed by atoms with Crippen molar-refractivity contribution in [2.24, 2.45) is 5.10 Å². The van der Waals surface area contributed by atoms with E-state index in [1.54, 1.807) is 6.08 Å². The molecule has 0 unspecified atom stereocenters. The van der Waals surface area contributed by atoms with Crippen molar-refractivity contribution in [2.75, 3.05) is 12.3 Å². The van der Waals surface area contributed by atoms with Crippen molar-refractivity contribution >= 4 is 28.7 Å². The number of carbonyl (C=O) groups excluding carboxylic acids is 2. The summed E-state index contributed by atoms with van der Waals surface area (Å²) < 4.78 is 0. The van der Waals surface area contributed by atoms with Gasteiger partial charge in [0.25, 0.3) is 0 Å². The zero-order valence-electron chi connectivity index (χ0n) is 10.9. The van der Waals surface area contributed by atoms with Gasteiger partial charge in [0.15, 0.2) is 5.17 Å². The summed E-state index contributed by atoms with van der Waals surface area (Å²) in [5.74, 6) is 0.120. The van der Waals surface area contributed by atoms with Crippen LogP contribution in [0.5, 0.6) is 0 Å². The number of hydrogen-bond acceptors (Lipinski definition) is 4. The van der Waals surface area contributed by atoms with Crippen molar-refractivity contribution in [3.05, 3.63) is 48.6 Å². The van der Waals surface area contributed by atoms with E-state index in [4.69, 9.17) is 0 Å². The van der Waals surface area contributed by atoms with Crippen LogP contribution in [0.2, 0.25) is 0 Å². The van der Waals surface area contributed by atoms with E-state index in [-0.39, 0.29) is 18.2 Å². The second-order valence-corrected chi connectivity index (χ2v) is 5.12. The van der Waals surface area contributed by atoms with Gasteiger partial charge in [-0.2, -0.15) is 0 Å². The lowest BCUT2D eigenvalue weighted by atomic mass is 10.1. The third kappa shape index (κ3) is 3.71. The molecule has 1 saturated heterocycles. The molecule has 1 aliphatic rings. The van der Waals surface area contributed by atoms with E-state index in [0.29, 0.717) is 17.5 Å². The molecule has 2 amide bonds. The third-order valence-corrected chi connectivity index (χ3v) is 3.61. The minimum absolute atomic E-state index is 0.0223. The van der Waals surface area contributed by atoms with E-state index >= 15 is 0 Å². The molecule has 0 spiro atoms. The van der Waals surface area contributed by atoms with Gasteiger partial charge >= 0.3 is 0 Å². The van der Waals surface area contributed by atoms with Crippen LogP contribution in [0.3, 0.4) is 0 Å². The fourth-order valence-corrected chi connectivity index (χ4v) is 2.57. The van der Waals surface area contributed by atoms with Crippen molar-refractivity contribution in [3.63, 3.8) is 0 Å². The highest BCUT2D eigenvalue weighted by Crippen LogP contribution is 2.18. The molecule has 0 saturated carbocycles. The molecule has 0 aromatic heterocycles. The molecular formula is C14H15N3O2S. The van der Waals surface area contributed by atoms with Crippen LogP contribution in [0.1, 0.15) is 5.56 Å². The highest BCUT2D eigenvalue weighted by molar-refractivity contribution is 8.15. The summed E-state index contributed by atoms with van der Waals surface area (Å²) in [7, 11) is 0. The number of carbonyl (C=O) groups is 2. The fourth-order valence-electron chi connectivity index (χ4n) is 1.72. The van der Waals surface area contributed by atoms with Crippen molar-refractivity contribution in [1.29, 1.82) is 0 Å². The summed E-state index contributed by atoms with van der Waals surface area (Å²) in [6.07, 6.45) is 1.89. The molecule has 1 N–H and O–H groups in total. The Kier molecular flexibility index (Phi) is 4.95. The quantitative estimate of drug-likeness (QED) is 0.658. The van der Waals surface area contributed by atoms with Crippen molar-refractivity contribution in [3.8, 4) is 0 Å². The second kappa shape index (κ2) is 6.91. The topological polar surface area (TPSA) is 61.8 Å². The van der Waals surface area contributed by atoms with Crippen LogP contribution in [-0.4, -0.2) is 34.2 Å². The average molecular weight is 289 g/mol. The minimum Gasteiger partial charge on any atom is -0.285 e.